The van der Waals surface area contributed by atoms with Crippen LogP contribution >= 0.6 is 0 Å². The maximum Gasteiger partial charge on any atom is 0.229 e. The molecule has 4 aromatic rings. The highest BCUT2D eigenvalue weighted by molar-refractivity contribution is 5.73. The molecular formula is C29H33F2N7O2. The van der Waals surface area contributed by atoms with Crippen LogP contribution in [0.4, 0.5) is 20.4 Å². The quantitative estimate of drug-likeness (QED) is 0.292. The van der Waals surface area contributed by atoms with Crippen LogP contribution in [0.25, 0.3) is 16.8 Å². The van der Waals surface area contributed by atoms with Crippen LogP contribution in [0.2, 0.25) is 0 Å². The SMILES string of the molecule is CCOCc1cc(F)c(-c2ccc3cnc(Nc4cnccc4C4C[C@@H](N)[C@@H](NC(C)=O)[C@@H](C)C4)n3n2)c(F)c1. The minimum atomic E-state index is -0.717. The minimum absolute atomic E-state index is 0.0834. The van der Waals surface area contributed by atoms with Gasteiger partial charge in [0.25, 0.3) is 0 Å². The summed E-state index contributed by atoms with van der Waals surface area (Å²) < 4.78 is 36.8. The van der Waals surface area contributed by atoms with Crippen LogP contribution in [0.15, 0.2) is 48.9 Å². The number of halogens is 2. The largest absolute Gasteiger partial charge is 0.377 e. The van der Waals surface area contributed by atoms with Crippen molar-refractivity contribution in [2.75, 3.05) is 11.9 Å². The number of pyridine rings is 1. The van der Waals surface area contributed by atoms with Gasteiger partial charge >= 0.3 is 0 Å². The second-order valence-electron chi connectivity index (χ2n) is 10.3. The van der Waals surface area contributed by atoms with Crippen LogP contribution in [0.3, 0.4) is 0 Å². The van der Waals surface area contributed by atoms with E-state index in [1.165, 1.54) is 23.6 Å². The number of imidazole rings is 1. The minimum Gasteiger partial charge on any atom is -0.377 e. The second-order valence-corrected chi connectivity index (χ2v) is 10.3. The number of benzene rings is 1. The molecule has 1 aliphatic rings. The van der Waals surface area contributed by atoms with Gasteiger partial charge in [0, 0.05) is 31.8 Å². The van der Waals surface area contributed by atoms with Crippen LogP contribution in [0.1, 0.15) is 50.7 Å². The van der Waals surface area contributed by atoms with Gasteiger partial charge in [0.1, 0.15) is 11.6 Å². The molecule has 5 rings (SSSR count). The first-order valence-electron chi connectivity index (χ1n) is 13.4. The zero-order valence-corrected chi connectivity index (χ0v) is 22.7. The van der Waals surface area contributed by atoms with Crippen molar-refractivity contribution in [3.05, 3.63) is 71.7 Å². The number of nitrogens with one attached hydrogen (secondary N) is 2. The summed E-state index contributed by atoms with van der Waals surface area (Å²) in [6.45, 7) is 5.99. The van der Waals surface area contributed by atoms with E-state index in [0.29, 0.717) is 30.1 Å². The molecule has 3 heterocycles. The van der Waals surface area contributed by atoms with Gasteiger partial charge in [0.2, 0.25) is 11.9 Å². The number of hydrogen-bond acceptors (Lipinski definition) is 7. The zero-order chi connectivity index (χ0) is 28.4. The number of carbonyl (C=O) groups is 1. The molecule has 210 valence electrons. The second kappa shape index (κ2) is 11.6. The molecular weight excluding hydrogens is 516 g/mol. The van der Waals surface area contributed by atoms with Gasteiger partial charge in [-0.15, -0.1) is 0 Å². The Morgan fingerprint density at radius 1 is 1.18 bits per heavy atom. The van der Waals surface area contributed by atoms with E-state index >= 15 is 0 Å². The normalized spacial score (nSPS) is 20.9. The molecule has 9 nitrogen and oxygen atoms in total. The van der Waals surface area contributed by atoms with Crippen molar-refractivity contribution >= 4 is 23.1 Å². The predicted molar refractivity (Wildman–Crippen MR) is 148 cm³/mol. The topological polar surface area (TPSA) is 119 Å². The van der Waals surface area contributed by atoms with E-state index < -0.39 is 11.6 Å². The van der Waals surface area contributed by atoms with Gasteiger partial charge in [0.05, 0.1) is 41.5 Å². The average Bonchev–Trinajstić information content (AvgIpc) is 3.31. The Kier molecular flexibility index (Phi) is 8.04. The van der Waals surface area contributed by atoms with Crippen LogP contribution in [0, 0.1) is 17.6 Å². The van der Waals surface area contributed by atoms with Crippen molar-refractivity contribution < 1.29 is 18.3 Å². The predicted octanol–water partition coefficient (Wildman–Crippen LogP) is 4.70. The Morgan fingerprint density at radius 3 is 2.65 bits per heavy atom. The lowest BCUT2D eigenvalue weighted by atomic mass is 9.73. The third kappa shape index (κ3) is 5.66. The first-order valence-corrected chi connectivity index (χ1v) is 13.4. The molecule has 1 aromatic carbocycles. The summed E-state index contributed by atoms with van der Waals surface area (Å²) in [6, 6.07) is 7.48. The van der Waals surface area contributed by atoms with Gasteiger partial charge in [-0.3, -0.25) is 9.78 Å². The van der Waals surface area contributed by atoms with E-state index in [1.54, 1.807) is 30.7 Å². The lowest BCUT2D eigenvalue weighted by Crippen LogP contribution is -2.54. The fraction of sp³-hybridized carbons (Fsp3) is 0.379. The van der Waals surface area contributed by atoms with E-state index in [2.05, 4.69) is 32.6 Å². The number of anilines is 2. The zero-order valence-electron chi connectivity index (χ0n) is 22.7. The lowest BCUT2D eigenvalue weighted by Gasteiger charge is -2.39. The molecule has 0 saturated heterocycles. The highest BCUT2D eigenvalue weighted by Crippen LogP contribution is 2.39. The Morgan fingerprint density at radius 2 is 1.95 bits per heavy atom. The van der Waals surface area contributed by atoms with Gasteiger partial charge < -0.3 is 21.1 Å². The smallest absolute Gasteiger partial charge is 0.229 e. The number of aromatic nitrogens is 4. The van der Waals surface area contributed by atoms with Crippen LogP contribution in [-0.4, -0.2) is 44.2 Å². The van der Waals surface area contributed by atoms with Crippen molar-refractivity contribution in [3.63, 3.8) is 0 Å². The average molecular weight is 550 g/mol. The maximum atomic E-state index is 15.0. The number of nitrogens with two attached hydrogens (primary N) is 1. The monoisotopic (exact) mass is 549 g/mol. The maximum absolute atomic E-state index is 15.0. The number of nitrogens with zero attached hydrogens (tertiary/aromatic N) is 4. The molecule has 1 aliphatic carbocycles. The van der Waals surface area contributed by atoms with Gasteiger partial charge in [0.15, 0.2) is 0 Å². The number of rotatable bonds is 8. The summed E-state index contributed by atoms with van der Waals surface area (Å²) in [5.74, 6) is -0.828. The van der Waals surface area contributed by atoms with Gasteiger partial charge in [-0.1, -0.05) is 6.92 Å². The van der Waals surface area contributed by atoms with E-state index in [-0.39, 0.29) is 47.7 Å². The van der Waals surface area contributed by atoms with E-state index in [0.717, 1.165) is 17.7 Å². The summed E-state index contributed by atoms with van der Waals surface area (Å²) >= 11 is 0. The van der Waals surface area contributed by atoms with Crippen molar-refractivity contribution in [2.24, 2.45) is 11.7 Å². The summed E-state index contributed by atoms with van der Waals surface area (Å²) in [5, 5.41) is 10.8. The standard InChI is InChI=1S/C29H33F2N7O2/c1-4-40-15-18-10-22(30)27(23(31)11-18)25-6-5-20-13-34-29(38(20)37-25)36-26-14-33-8-7-21(26)19-9-16(2)28(24(32)12-19)35-17(3)39/h5-8,10-11,13-14,16,19,24,28H,4,9,12,15,32H2,1-3H3,(H,34,36)(H,35,39)/t16-,19?,24+,28-/m0/s1. The molecule has 0 aliphatic heterocycles. The molecule has 1 saturated carbocycles. The first kappa shape index (κ1) is 27.6. The molecule has 4 atom stereocenters. The number of carbonyl (C=O) groups excluding carboxylic acids is 1. The lowest BCUT2D eigenvalue weighted by molar-refractivity contribution is -0.120. The van der Waals surface area contributed by atoms with Crippen LogP contribution in [-0.2, 0) is 16.1 Å². The summed E-state index contributed by atoms with van der Waals surface area (Å²) in [5.41, 5.74) is 9.23. The molecule has 40 heavy (non-hydrogen) atoms. The molecule has 1 unspecified atom stereocenters. The van der Waals surface area contributed by atoms with Crippen molar-refractivity contribution in [2.45, 2.75) is 58.2 Å². The van der Waals surface area contributed by atoms with Gasteiger partial charge in [-0.25, -0.2) is 13.8 Å². The molecule has 11 heteroatoms. The highest BCUT2D eigenvalue weighted by atomic mass is 19.1. The van der Waals surface area contributed by atoms with Gasteiger partial charge in [-0.05, 0) is 73.1 Å². The highest BCUT2D eigenvalue weighted by Gasteiger charge is 2.35. The molecule has 0 spiro atoms. The number of hydrogen-bond donors (Lipinski definition) is 3. The van der Waals surface area contributed by atoms with Crippen LogP contribution in [0.5, 0.6) is 0 Å². The molecule has 1 fully saturated rings. The van der Waals surface area contributed by atoms with Crippen molar-refractivity contribution in [1.29, 1.82) is 0 Å². The third-order valence-electron chi connectivity index (χ3n) is 7.41. The number of fused-ring (bicyclic) bond motifs is 1. The Balaban J connectivity index is 1.43. The van der Waals surface area contributed by atoms with E-state index in [4.69, 9.17) is 10.5 Å². The van der Waals surface area contributed by atoms with E-state index in [9.17, 15) is 13.6 Å². The summed E-state index contributed by atoms with van der Waals surface area (Å²) in [4.78, 5) is 20.4. The molecule has 0 bridgehead atoms. The Labute approximate surface area is 231 Å². The molecule has 3 aromatic heterocycles. The fourth-order valence-electron chi connectivity index (χ4n) is 5.59. The van der Waals surface area contributed by atoms with Gasteiger partial charge in [-0.2, -0.15) is 9.61 Å². The first-order chi connectivity index (χ1) is 19.2. The van der Waals surface area contributed by atoms with Crippen molar-refractivity contribution in [3.8, 4) is 11.3 Å². The summed E-state index contributed by atoms with van der Waals surface area (Å²) in [6.07, 6.45) is 6.60. The molecule has 0 radical (unpaired) electrons. The molecule has 4 N–H and O–H groups in total. The summed E-state index contributed by atoms with van der Waals surface area (Å²) in [7, 11) is 0. The molecule has 1 amide bonds. The number of amides is 1. The Bertz CT molecular complexity index is 1490. The van der Waals surface area contributed by atoms with Crippen molar-refractivity contribution in [1.82, 2.24) is 24.9 Å². The fourth-order valence-corrected chi connectivity index (χ4v) is 5.59. The van der Waals surface area contributed by atoms with E-state index in [1.807, 2.05) is 13.0 Å². The Hall–Kier alpha value is -3.96. The van der Waals surface area contributed by atoms with Crippen LogP contribution < -0.4 is 16.4 Å². The number of ether oxygens (including phenoxy) is 1. The third-order valence-corrected chi connectivity index (χ3v) is 7.41.